The second-order valence-corrected chi connectivity index (χ2v) is 5.34. The molecule has 0 radical (unpaired) electrons. The molecule has 4 nitrogen and oxygen atoms in total. The topological polar surface area (TPSA) is 50.7 Å². The van der Waals surface area contributed by atoms with Crippen LogP contribution >= 0.6 is 23.2 Å². The van der Waals surface area contributed by atoms with Crippen molar-refractivity contribution in [3.8, 4) is 5.75 Å². The minimum absolute atomic E-state index is 0.00876. The number of ether oxygens (including phenoxy) is 2. The highest BCUT2D eigenvalue weighted by atomic mass is 35.5. The number of fused-ring (bicyclic) bond motifs is 1. The van der Waals surface area contributed by atoms with E-state index in [0.717, 1.165) is 12.0 Å². The summed E-state index contributed by atoms with van der Waals surface area (Å²) in [4.78, 5) is 0. The SMILES string of the molecule is COCC(CO)NC1CCOc2c(Cl)cc(Cl)cc21. The van der Waals surface area contributed by atoms with E-state index in [1.807, 2.05) is 6.07 Å². The average molecular weight is 306 g/mol. The molecule has 0 amide bonds. The molecular formula is C13H17Cl2NO3. The van der Waals surface area contributed by atoms with Crippen molar-refractivity contribution in [1.82, 2.24) is 5.32 Å². The molecule has 1 aromatic rings. The van der Waals surface area contributed by atoms with Crippen LogP contribution in [-0.4, -0.2) is 38.1 Å². The monoisotopic (exact) mass is 305 g/mol. The molecule has 0 fully saturated rings. The fourth-order valence-electron chi connectivity index (χ4n) is 2.24. The van der Waals surface area contributed by atoms with Gasteiger partial charge < -0.3 is 19.9 Å². The van der Waals surface area contributed by atoms with Gasteiger partial charge in [-0.05, 0) is 12.1 Å². The van der Waals surface area contributed by atoms with Crippen LogP contribution in [0.4, 0.5) is 0 Å². The molecule has 1 aliphatic heterocycles. The van der Waals surface area contributed by atoms with Crippen LogP contribution in [0.15, 0.2) is 12.1 Å². The second-order valence-electron chi connectivity index (χ2n) is 4.50. The van der Waals surface area contributed by atoms with E-state index < -0.39 is 0 Å². The normalized spacial score (nSPS) is 19.7. The van der Waals surface area contributed by atoms with Crippen LogP contribution in [0.1, 0.15) is 18.0 Å². The quantitative estimate of drug-likeness (QED) is 0.877. The molecule has 2 N–H and O–H groups in total. The smallest absolute Gasteiger partial charge is 0.142 e. The Morgan fingerprint density at radius 2 is 2.32 bits per heavy atom. The van der Waals surface area contributed by atoms with Gasteiger partial charge in [0.15, 0.2) is 0 Å². The fraction of sp³-hybridized carbons (Fsp3) is 0.538. The van der Waals surface area contributed by atoms with Crippen molar-refractivity contribution < 1.29 is 14.6 Å². The zero-order chi connectivity index (χ0) is 13.8. The Morgan fingerprint density at radius 1 is 1.53 bits per heavy atom. The summed E-state index contributed by atoms with van der Waals surface area (Å²) < 4.78 is 10.7. The summed E-state index contributed by atoms with van der Waals surface area (Å²) in [5.74, 6) is 0.670. The Hall–Kier alpha value is -0.520. The van der Waals surface area contributed by atoms with E-state index in [2.05, 4.69) is 5.32 Å². The van der Waals surface area contributed by atoms with E-state index in [1.54, 1.807) is 13.2 Å². The first kappa shape index (κ1) is 14.9. The molecule has 0 spiro atoms. The first-order chi connectivity index (χ1) is 9.15. The summed E-state index contributed by atoms with van der Waals surface area (Å²) in [6, 6.07) is 3.44. The molecule has 0 saturated carbocycles. The molecule has 106 valence electrons. The average Bonchev–Trinajstić information content (AvgIpc) is 2.39. The van der Waals surface area contributed by atoms with E-state index in [9.17, 15) is 5.11 Å². The summed E-state index contributed by atoms with van der Waals surface area (Å²) >= 11 is 12.2. The van der Waals surface area contributed by atoms with Crippen molar-refractivity contribution in [2.45, 2.75) is 18.5 Å². The number of rotatable bonds is 5. The lowest BCUT2D eigenvalue weighted by molar-refractivity contribution is 0.116. The molecule has 0 bridgehead atoms. The number of hydrogen-bond donors (Lipinski definition) is 2. The fourth-order valence-corrected chi connectivity index (χ4v) is 2.80. The van der Waals surface area contributed by atoms with Gasteiger partial charge in [-0.25, -0.2) is 0 Å². The van der Waals surface area contributed by atoms with Gasteiger partial charge in [0.1, 0.15) is 5.75 Å². The lowest BCUT2D eigenvalue weighted by atomic mass is 9.99. The van der Waals surface area contributed by atoms with Crippen molar-refractivity contribution in [2.75, 3.05) is 26.9 Å². The summed E-state index contributed by atoms with van der Waals surface area (Å²) in [6.45, 7) is 1.03. The molecule has 2 atom stereocenters. The third kappa shape index (κ3) is 3.52. The van der Waals surface area contributed by atoms with Crippen molar-refractivity contribution in [3.05, 3.63) is 27.7 Å². The standard InChI is InChI=1S/C13H17Cl2NO3/c1-18-7-9(6-17)16-12-2-3-19-13-10(12)4-8(14)5-11(13)15/h4-5,9,12,16-17H,2-3,6-7H2,1H3. The van der Waals surface area contributed by atoms with Crippen LogP contribution in [0, 0.1) is 0 Å². The van der Waals surface area contributed by atoms with Crippen LogP contribution in [0.3, 0.4) is 0 Å². The molecule has 19 heavy (non-hydrogen) atoms. The Kier molecular flexibility index (Phi) is 5.30. The van der Waals surface area contributed by atoms with Gasteiger partial charge in [-0.3, -0.25) is 0 Å². The van der Waals surface area contributed by atoms with Crippen LogP contribution in [0.25, 0.3) is 0 Å². The van der Waals surface area contributed by atoms with Crippen molar-refractivity contribution in [3.63, 3.8) is 0 Å². The molecule has 2 unspecified atom stereocenters. The number of halogens is 2. The summed E-state index contributed by atoms with van der Waals surface area (Å²) in [5.41, 5.74) is 0.929. The number of benzene rings is 1. The largest absolute Gasteiger partial charge is 0.492 e. The van der Waals surface area contributed by atoms with Crippen molar-refractivity contribution in [2.24, 2.45) is 0 Å². The van der Waals surface area contributed by atoms with Crippen LogP contribution in [0.5, 0.6) is 5.75 Å². The van der Waals surface area contributed by atoms with Gasteiger partial charge in [0.2, 0.25) is 0 Å². The van der Waals surface area contributed by atoms with Gasteiger partial charge in [-0.1, -0.05) is 23.2 Å². The van der Waals surface area contributed by atoms with Crippen molar-refractivity contribution >= 4 is 23.2 Å². The number of methoxy groups -OCH3 is 1. The van der Waals surface area contributed by atoms with Crippen molar-refractivity contribution in [1.29, 1.82) is 0 Å². The molecule has 0 aromatic heterocycles. The maximum absolute atomic E-state index is 9.32. The third-order valence-electron chi connectivity index (χ3n) is 3.09. The molecule has 2 rings (SSSR count). The highest BCUT2D eigenvalue weighted by molar-refractivity contribution is 6.35. The zero-order valence-electron chi connectivity index (χ0n) is 10.7. The molecule has 0 saturated heterocycles. The summed E-state index contributed by atoms with van der Waals surface area (Å²) in [7, 11) is 1.61. The van der Waals surface area contributed by atoms with Gasteiger partial charge in [-0.2, -0.15) is 0 Å². The number of nitrogens with one attached hydrogen (secondary N) is 1. The predicted molar refractivity (Wildman–Crippen MR) is 75.2 cm³/mol. The summed E-state index contributed by atoms with van der Waals surface area (Å²) in [6.07, 6.45) is 0.796. The highest BCUT2D eigenvalue weighted by Crippen LogP contribution is 2.40. The Morgan fingerprint density at radius 3 is 3.00 bits per heavy atom. The highest BCUT2D eigenvalue weighted by Gasteiger charge is 2.26. The van der Waals surface area contributed by atoms with Gasteiger partial charge in [-0.15, -0.1) is 0 Å². The van der Waals surface area contributed by atoms with E-state index in [4.69, 9.17) is 32.7 Å². The van der Waals surface area contributed by atoms with Gasteiger partial charge in [0, 0.05) is 30.2 Å². The third-order valence-corrected chi connectivity index (χ3v) is 3.59. The van der Waals surface area contributed by atoms with Gasteiger partial charge >= 0.3 is 0 Å². The molecule has 1 heterocycles. The van der Waals surface area contributed by atoms with Crippen LogP contribution in [0.2, 0.25) is 10.0 Å². The first-order valence-corrected chi connectivity index (χ1v) is 6.89. The number of aliphatic hydroxyl groups excluding tert-OH is 1. The second kappa shape index (κ2) is 6.77. The Labute approximate surface area is 122 Å². The lowest BCUT2D eigenvalue weighted by Crippen LogP contribution is -2.40. The number of aliphatic hydroxyl groups is 1. The molecule has 0 aliphatic carbocycles. The minimum Gasteiger partial charge on any atom is -0.492 e. The van der Waals surface area contributed by atoms with E-state index in [-0.39, 0.29) is 18.7 Å². The zero-order valence-corrected chi connectivity index (χ0v) is 12.2. The Bertz CT molecular complexity index is 442. The van der Waals surface area contributed by atoms with Gasteiger partial charge in [0.05, 0.1) is 30.9 Å². The van der Waals surface area contributed by atoms with E-state index in [0.29, 0.717) is 29.0 Å². The van der Waals surface area contributed by atoms with Crippen LogP contribution < -0.4 is 10.1 Å². The summed E-state index contributed by atoms with van der Waals surface area (Å²) in [5, 5.41) is 13.8. The first-order valence-electron chi connectivity index (χ1n) is 6.13. The lowest BCUT2D eigenvalue weighted by Gasteiger charge is -2.30. The minimum atomic E-state index is -0.126. The molecule has 1 aliphatic rings. The van der Waals surface area contributed by atoms with E-state index in [1.165, 1.54) is 0 Å². The molecule has 1 aromatic carbocycles. The van der Waals surface area contributed by atoms with E-state index >= 15 is 0 Å². The Balaban J connectivity index is 2.21. The van der Waals surface area contributed by atoms with Gasteiger partial charge in [0.25, 0.3) is 0 Å². The molecular weight excluding hydrogens is 289 g/mol. The van der Waals surface area contributed by atoms with Crippen LogP contribution in [-0.2, 0) is 4.74 Å². The number of hydrogen-bond acceptors (Lipinski definition) is 4. The predicted octanol–water partition coefficient (Wildman–Crippen LogP) is 2.41. The maximum Gasteiger partial charge on any atom is 0.142 e. The molecule has 6 heteroatoms. The maximum atomic E-state index is 9.32.